The van der Waals surface area contributed by atoms with Gasteiger partial charge in [0.25, 0.3) is 0 Å². The van der Waals surface area contributed by atoms with E-state index in [1.54, 1.807) is 0 Å². The highest BCUT2D eigenvalue weighted by Gasteiger charge is 2.05. The number of hydrogen-bond acceptors (Lipinski definition) is 2. The van der Waals surface area contributed by atoms with Gasteiger partial charge in [0.1, 0.15) is 0 Å². The maximum absolute atomic E-state index is 5.97. The highest BCUT2D eigenvalue weighted by Crippen LogP contribution is 2.25. The Bertz CT molecular complexity index is 504. The third-order valence-electron chi connectivity index (χ3n) is 2.60. The van der Waals surface area contributed by atoms with Crippen molar-refractivity contribution < 1.29 is 0 Å². The van der Waals surface area contributed by atoms with E-state index in [0.29, 0.717) is 0 Å². The zero-order valence-corrected chi connectivity index (χ0v) is 12.3. The summed E-state index contributed by atoms with van der Waals surface area (Å²) in [7, 11) is 0. The van der Waals surface area contributed by atoms with E-state index in [-0.39, 0.29) is 0 Å². The summed E-state index contributed by atoms with van der Waals surface area (Å²) in [5.74, 6) is 0. The number of rotatable bonds is 2. The fourth-order valence-corrected chi connectivity index (χ4v) is 2.42. The molecule has 88 valence electrons. The van der Waals surface area contributed by atoms with Crippen LogP contribution in [-0.2, 0) is 6.42 Å². The fraction of sp³-hybridized carbons (Fsp3) is 0.0769. The van der Waals surface area contributed by atoms with E-state index in [1.165, 1.54) is 0 Å². The van der Waals surface area contributed by atoms with Crippen LogP contribution >= 0.6 is 31.9 Å². The predicted molar refractivity (Wildman–Crippen MR) is 79.9 cm³/mol. The molecule has 2 aromatic rings. The van der Waals surface area contributed by atoms with Crippen molar-refractivity contribution in [3.05, 3.63) is 56.5 Å². The van der Waals surface area contributed by atoms with Gasteiger partial charge in [0.15, 0.2) is 0 Å². The van der Waals surface area contributed by atoms with Crippen LogP contribution in [0.3, 0.4) is 0 Å². The van der Waals surface area contributed by atoms with Gasteiger partial charge in [-0.1, -0.05) is 44.0 Å². The molecule has 4 N–H and O–H groups in total. The number of anilines is 2. The Balaban J connectivity index is 2.31. The van der Waals surface area contributed by atoms with Crippen LogP contribution < -0.4 is 11.5 Å². The van der Waals surface area contributed by atoms with Gasteiger partial charge in [-0.2, -0.15) is 0 Å². The van der Waals surface area contributed by atoms with Crippen molar-refractivity contribution in [2.24, 2.45) is 0 Å². The Morgan fingerprint density at radius 3 is 1.53 bits per heavy atom. The molecule has 0 aliphatic rings. The lowest BCUT2D eigenvalue weighted by Gasteiger charge is -2.09. The van der Waals surface area contributed by atoms with Gasteiger partial charge < -0.3 is 11.5 Å². The Morgan fingerprint density at radius 2 is 1.18 bits per heavy atom. The van der Waals surface area contributed by atoms with Crippen molar-refractivity contribution in [1.82, 2.24) is 0 Å². The third kappa shape index (κ3) is 3.01. The van der Waals surface area contributed by atoms with Crippen molar-refractivity contribution in [2.45, 2.75) is 6.42 Å². The van der Waals surface area contributed by atoms with Crippen LogP contribution in [0.15, 0.2) is 45.3 Å². The third-order valence-corrected chi connectivity index (χ3v) is 3.58. The minimum atomic E-state index is 0.748. The number of halogens is 2. The van der Waals surface area contributed by atoms with Gasteiger partial charge in [-0.25, -0.2) is 0 Å². The maximum atomic E-state index is 5.97. The molecule has 0 aromatic heterocycles. The topological polar surface area (TPSA) is 52.0 Å². The summed E-state index contributed by atoms with van der Waals surface area (Å²) in [6.07, 6.45) is 0.748. The molecule has 4 heteroatoms. The Hall–Kier alpha value is -1.00. The molecule has 0 spiro atoms. The van der Waals surface area contributed by atoms with E-state index in [0.717, 1.165) is 37.9 Å². The summed E-state index contributed by atoms with van der Waals surface area (Å²) < 4.78 is 1.98. The highest BCUT2D eigenvalue weighted by atomic mass is 79.9. The van der Waals surface area contributed by atoms with E-state index < -0.39 is 0 Å². The SMILES string of the molecule is Nc1cc(Br)ccc1Cc1ccc(Br)cc1N. The first-order valence-corrected chi connectivity index (χ1v) is 6.72. The summed E-state index contributed by atoms with van der Waals surface area (Å²) >= 11 is 6.79. The van der Waals surface area contributed by atoms with Gasteiger partial charge in [-0.05, 0) is 35.4 Å². The molecule has 0 saturated heterocycles. The van der Waals surface area contributed by atoms with E-state index in [4.69, 9.17) is 11.5 Å². The number of hydrogen-bond donors (Lipinski definition) is 2. The first kappa shape index (κ1) is 12.5. The minimum Gasteiger partial charge on any atom is -0.398 e. The molecule has 0 aliphatic heterocycles. The molecule has 0 atom stereocenters. The van der Waals surface area contributed by atoms with Crippen LogP contribution in [0.5, 0.6) is 0 Å². The first-order valence-electron chi connectivity index (χ1n) is 5.14. The van der Waals surface area contributed by atoms with Crippen LogP contribution in [0.2, 0.25) is 0 Å². The van der Waals surface area contributed by atoms with Crippen molar-refractivity contribution in [3.8, 4) is 0 Å². The second-order valence-corrected chi connectivity index (χ2v) is 5.69. The lowest BCUT2D eigenvalue weighted by Crippen LogP contribution is -1.99. The Labute approximate surface area is 117 Å². The Morgan fingerprint density at radius 1 is 0.765 bits per heavy atom. The van der Waals surface area contributed by atoms with Crippen molar-refractivity contribution >= 4 is 43.2 Å². The second-order valence-electron chi connectivity index (χ2n) is 3.86. The monoisotopic (exact) mass is 354 g/mol. The summed E-state index contributed by atoms with van der Waals surface area (Å²) in [6.45, 7) is 0. The zero-order chi connectivity index (χ0) is 12.4. The molecule has 0 heterocycles. The minimum absolute atomic E-state index is 0.748. The lowest BCUT2D eigenvalue weighted by molar-refractivity contribution is 1.20. The van der Waals surface area contributed by atoms with Crippen LogP contribution in [0.25, 0.3) is 0 Å². The lowest BCUT2D eigenvalue weighted by atomic mass is 10.0. The largest absolute Gasteiger partial charge is 0.398 e. The molecule has 17 heavy (non-hydrogen) atoms. The first-order chi connectivity index (χ1) is 8.06. The molecule has 2 aromatic carbocycles. The van der Waals surface area contributed by atoms with Crippen LogP contribution in [0.4, 0.5) is 11.4 Å². The molecular weight excluding hydrogens is 344 g/mol. The molecule has 0 bridgehead atoms. The summed E-state index contributed by atoms with van der Waals surface area (Å²) in [5, 5.41) is 0. The standard InChI is InChI=1S/C13H12Br2N2/c14-10-3-1-8(12(16)6-10)5-9-2-4-11(15)7-13(9)17/h1-4,6-7H,5,16-17H2. The van der Waals surface area contributed by atoms with Crippen molar-refractivity contribution in [3.63, 3.8) is 0 Å². The quantitative estimate of drug-likeness (QED) is 0.801. The van der Waals surface area contributed by atoms with E-state index in [9.17, 15) is 0 Å². The molecule has 0 fully saturated rings. The molecule has 0 unspecified atom stereocenters. The highest BCUT2D eigenvalue weighted by molar-refractivity contribution is 9.10. The summed E-state index contributed by atoms with van der Waals surface area (Å²) in [6, 6.07) is 11.8. The smallest absolute Gasteiger partial charge is 0.0361 e. The van der Waals surface area contributed by atoms with Gasteiger partial charge in [0, 0.05) is 26.7 Å². The predicted octanol–water partition coefficient (Wildman–Crippen LogP) is 3.97. The average molecular weight is 356 g/mol. The fourth-order valence-electron chi connectivity index (χ4n) is 1.66. The maximum Gasteiger partial charge on any atom is 0.0361 e. The zero-order valence-electron chi connectivity index (χ0n) is 9.08. The molecule has 0 aliphatic carbocycles. The van der Waals surface area contributed by atoms with Gasteiger partial charge in [-0.15, -0.1) is 0 Å². The van der Waals surface area contributed by atoms with Gasteiger partial charge in [0.05, 0.1) is 0 Å². The van der Waals surface area contributed by atoms with Gasteiger partial charge >= 0.3 is 0 Å². The average Bonchev–Trinajstić information content (AvgIpc) is 2.25. The number of nitrogens with two attached hydrogens (primary N) is 2. The molecule has 0 amide bonds. The number of benzene rings is 2. The summed E-state index contributed by atoms with van der Waals surface area (Å²) in [4.78, 5) is 0. The normalized spacial score (nSPS) is 10.5. The molecule has 0 radical (unpaired) electrons. The van der Waals surface area contributed by atoms with Crippen LogP contribution in [-0.4, -0.2) is 0 Å². The van der Waals surface area contributed by atoms with Gasteiger partial charge in [0.2, 0.25) is 0 Å². The van der Waals surface area contributed by atoms with E-state index >= 15 is 0 Å². The van der Waals surface area contributed by atoms with E-state index in [1.807, 2.05) is 36.4 Å². The number of nitrogen functional groups attached to an aromatic ring is 2. The molecular formula is C13H12Br2N2. The molecule has 2 rings (SSSR count). The van der Waals surface area contributed by atoms with Gasteiger partial charge in [-0.3, -0.25) is 0 Å². The van der Waals surface area contributed by atoms with Crippen LogP contribution in [0.1, 0.15) is 11.1 Å². The summed E-state index contributed by atoms with van der Waals surface area (Å²) in [5.41, 5.74) is 15.7. The second kappa shape index (κ2) is 5.10. The Kier molecular flexibility index (Phi) is 3.74. The van der Waals surface area contributed by atoms with E-state index in [2.05, 4.69) is 31.9 Å². The van der Waals surface area contributed by atoms with Crippen molar-refractivity contribution in [2.75, 3.05) is 11.5 Å². The van der Waals surface area contributed by atoms with Crippen molar-refractivity contribution in [1.29, 1.82) is 0 Å². The van der Waals surface area contributed by atoms with Crippen LogP contribution in [0, 0.1) is 0 Å². The molecule has 2 nitrogen and oxygen atoms in total. The molecule has 0 saturated carbocycles.